The molecule has 3 nitrogen and oxygen atoms in total. The van der Waals surface area contributed by atoms with Gasteiger partial charge in [0.25, 0.3) is 0 Å². The lowest BCUT2D eigenvalue weighted by molar-refractivity contribution is -0.115. The first-order chi connectivity index (χ1) is 10.9. The maximum Gasteiger partial charge on any atom is 0.228 e. The number of carbonyl (C=O) groups is 1. The van der Waals surface area contributed by atoms with E-state index in [0.29, 0.717) is 10.9 Å². The molecule has 0 spiro atoms. The molecule has 3 rings (SSSR count). The topological polar surface area (TPSA) is 44.9 Å². The van der Waals surface area contributed by atoms with Crippen LogP contribution >= 0.6 is 0 Å². The fourth-order valence-electron chi connectivity index (χ4n) is 2.52. The number of carbonyl (C=O) groups excluding carboxylic acids is 1. The molecule has 0 atom stereocenters. The van der Waals surface area contributed by atoms with Crippen molar-refractivity contribution in [2.75, 3.05) is 5.32 Å². The van der Waals surface area contributed by atoms with E-state index in [1.165, 1.54) is 18.2 Å². The second kappa shape index (κ2) is 5.79. The highest BCUT2D eigenvalue weighted by Gasteiger charge is 2.14. The average molecular weight is 318 g/mol. The standard InChI is InChI=1S/C17H13F3N2O/c1-9-12(13-6-10(18)2-5-16(13)21-9)8-17(23)22-11-3-4-14(19)15(20)7-11/h2-7,21H,8H2,1H3,(H,22,23). The zero-order chi connectivity index (χ0) is 16.6. The van der Waals surface area contributed by atoms with Gasteiger partial charge in [-0.2, -0.15) is 0 Å². The van der Waals surface area contributed by atoms with Gasteiger partial charge in [0.05, 0.1) is 6.42 Å². The molecule has 1 amide bonds. The number of aromatic nitrogens is 1. The molecule has 1 heterocycles. The van der Waals surface area contributed by atoms with E-state index in [1.807, 2.05) is 0 Å². The lowest BCUT2D eigenvalue weighted by atomic mass is 10.1. The molecule has 118 valence electrons. The summed E-state index contributed by atoms with van der Waals surface area (Å²) >= 11 is 0. The fraction of sp³-hybridized carbons (Fsp3) is 0.118. The van der Waals surface area contributed by atoms with Gasteiger partial charge in [0.15, 0.2) is 11.6 Å². The van der Waals surface area contributed by atoms with Gasteiger partial charge in [0, 0.05) is 28.4 Å². The summed E-state index contributed by atoms with van der Waals surface area (Å²) in [7, 11) is 0. The summed E-state index contributed by atoms with van der Waals surface area (Å²) in [6.45, 7) is 1.79. The second-order valence-corrected chi connectivity index (χ2v) is 5.27. The number of amides is 1. The number of rotatable bonds is 3. The van der Waals surface area contributed by atoms with Crippen LogP contribution in [0.25, 0.3) is 10.9 Å². The Hall–Kier alpha value is -2.76. The van der Waals surface area contributed by atoms with Gasteiger partial charge in [-0.1, -0.05) is 0 Å². The third-order valence-corrected chi connectivity index (χ3v) is 3.62. The molecule has 0 saturated heterocycles. The van der Waals surface area contributed by atoms with Crippen LogP contribution in [0.2, 0.25) is 0 Å². The first kappa shape index (κ1) is 15.1. The summed E-state index contributed by atoms with van der Waals surface area (Å²) in [6.07, 6.45) is -0.00567. The summed E-state index contributed by atoms with van der Waals surface area (Å²) in [5.74, 6) is -2.80. The maximum atomic E-state index is 13.4. The Morgan fingerprint density at radius 3 is 2.61 bits per heavy atom. The van der Waals surface area contributed by atoms with Gasteiger partial charge in [0.2, 0.25) is 5.91 Å². The summed E-state index contributed by atoms with van der Waals surface area (Å²) in [5, 5.41) is 3.13. The number of fused-ring (bicyclic) bond motifs is 1. The van der Waals surface area contributed by atoms with E-state index in [9.17, 15) is 18.0 Å². The predicted octanol–water partition coefficient (Wildman–Crippen LogP) is 4.07. The number of aromatic amines is 1. The Kier molecular flexibility index (Phi) is 3.82. The van der Waals surface area contributed by atoms with E-state index in [0.717, 1.165) is 23.3 Å². The van der Waals surface area contributed by atoms with Crippen molar-refractivity contribution in [1.82, 2.24) is 4.98 Å². The third-order valence-electron chi connectivity index (χ3n) is 3.62. The molecule has 23 heavy (non-hydrogen) atoms. The van der Waals surface area contributed by atoms with Crippen LogP contribution in [-0.4, -0.2) is 10.9 Å². The van der Waals surface area contributed by atoms with Gasteiger partial charge in [-0.15, -0.1) is 0 Å². The molecule has 6 heteroatoms. The molecular weight excluding hydrogens is 305 g/mol. The van der Waals surface area contributed by atoms with Crippen LogP contribution in [0, 0.1) is 24.4 Å². The first-order valence-corrected chi connectivity index (χ1v) is 6.95. The monoisotopic (exact) mass is 318 g/mol. The van der Waals surface area contributed by atoms with E-state index >= 15 is 0 Å². The second-order valence-electron chi connectivity index (χ2n) is 5.27. The van der Waals surface area contributed by atoms with Gasteiger partial charge in [-0.05, 0) is 42.8 Å². The van der Waals surface area contributed by atoms with Crippen LogP contribution < -0.4 is 5.32 Å². The molecule has 0 radical (unpaired) electrons. The number of benzene rings is 2. The van der Waals surface area contributed by atoms with Crippen LogP contribution in [0.3, 0.4) is 0 Å². The Morgan fingerprint density at radius 1 is 1.09 bits per heavy atom. The quantitative estimate of drug-likeness (QED) is 0.751. The SMILES string of the molecule is Cc1[nH]c2ccc(F)cc2c1CC(=O)Nc1ccc(F)c(F)c1. The van der Waals surface area contributed by atoms with Crippen LogP contribution in [0.4, 0.5) is 18.9 Å². The number of anilines is 1. The van der Waals surface area contributed by atoms with Gasteiger partial charge < -0.3 is 10.3 Å². The number of hydrogen-bond donors (Lipinski definition) is 2. The molecule has 0 aliphatic rings. The summed E-state index contributed by atoms with van der Waals surface area (Å²) in [4.78, 5) is 15.2. The van der Waals surface area contributed by atoms with Gasteiger partial charge in [0.1, 0.15) is 5.82 Å². The van der Waals surface area contributed by atoms with Crippen LogP contribution in [0.1, 0.15) is 11.3 Å². The number of nitrogens with one attached hydrogen (secondary N) is 2. The number of aryl methyl sites for hydroxylation is 1. The van der Waals surface area contributed by atoms with Crippen molar-refractivity contribution < 1.29 is 18.0 Å². The van der Waals surface area contributed by atoms with Crippen molar-refractivity contribution in [2.45, 2.75) is 13.3 Å². The normalized spacial score (nSPS) is 11.0. The Bertz CT molecular complexity index is 902. The summed E-state index contributed by atoms with van der Waals surface area (Å²) < 4.78 is 39.4. The fourth-order valence-corrected chi connectivity index (χ4v) is 2.52. The minimum absolute atomic E-state index is 0.00567. The molecule has 0 saturated carbocycles. The van der Waals surface area contributed by atoms with Crippen molar-refractivity contribution in [3.63, 3.8) is 0 Å². The Balaban J connectivity index is 1.84. The Morgan fingerprint density at radius 2 is 1.87 bits per heavy atom. The van der Waals surface area contributed by atoms with E-state index < -0.39 is 23.4 Å². The lowest BCUT2D eigenvalue weighted by Gasteiger charge is -2.06. The van der Waals surface area contributed by atoms with Gasteiger partial charge >= 0.3 is 0 Å². The van der Waals surface area contributed by atoms with Gasteiger partial charge in [-0.25, -0.2) is 13.2 Å². The molecule has 2 aromatic carbocycles. The maximum absolute atomic E-state index is 13.4. The molecule has 0 unspecified atom stereocenters. The first-order valence-electron chi connectivity index (χ1n) is 6.95. The smallest absolute Gasteiger partial charge is 0.228 e. The number of H-pyrrole nitrogens is 1. The average Bonchev–Trinajstić information content (AvgIpc) is 2.79. The Labute approximate surface area is 130 Å². The van der Waals surface area contributed by atoms with Gasteiger partial charge in [-0.3, -0.25) is 4.79 Å². The highest BCUT2D eigenvalue weighted by atomic mass is 19.2. The minimum atomic E-state index is -1.03. The minimum Gasteiger partial charge on any atom is -0.358 e. The van der Waals surface area contributed by atoms with Crippen LogP contribution in [-0.2, 0) is 11.2 Å². The molecule has 0 aliphatic carbocycles. The summed E-state index contributed by atoms with van der Waals surface area (Å²) in [6, 6.07) is 7.43. The highest BCUT2D eigenvalue weighted by Crippen LogP contribution is 2.24. The summed E-state index contributed by atoms with van der Waals surface area (Å²) in [5.41, 5.74) is 2.32. The zero-order valence-electron chi connectivity index (χ0n) is 12.2. The lowest BCUT2D eigenvalue weighted by Crippen LogP contribution is -2.15. The van der Waals surface area contributed by atoms with E-state index in [-0.39, 0.29) is 12.1 Å². The number of hydrogen-bond acceptors (Lipinski definition) is 1. The van der Waals surface area contributed by atoms with E-state index in [1.54, 1.807) is 13.0 Å². The van der Waals surface area contributed by atoms with Crippen molar-refractivity contribution >= 4 is 22.5 Å². The molecule has 0 fully saturated rings. The van der Waals surface area contributed by atoms with Crippen LogP contribution in [0.5, 0.6) is 0 Å². The van der Waals surface area contributed by atoms with Crippen molar-refractivity contribution in [1.29, 1.82) is 0 Å². The molecule has 0 bridgehead atoms. The van der Waals surface area contributed by atoms with E-state index in [4.69, 9.17) is 0 Å². The van der Waals surface area contributed by atoms with E-state index in [2.05, 4.69) is 10.3 Å². The molecular formula is C17H13F3N2O. The third kappa shape index (κ3) is 3.06. The highest BCUT2D eigenvalue weighted by molar-refractivity contribution is 5.96. The largest absolute Gasteiger partial charge is 0.358 e. The zero-order valence-corrected chi connectivity index (χ0v) is 12.2. The number of halogens is 3. The molecule has 1 aromatic heterocycles. The molecule has 0 aliphatic heterocycles. The molecule has 3 aromatic rings. The van der Waals surface area contributed by atoms with Crippen molar-refractivity contribution in [2.24, 2.45) is 0 Å². The predicted molar refractivity (Wildman–Crippen MR) is 81.7 cm³/mol. The van der Waals surface area contributed by atoms with Crippen molar-refractivity contribution in [3.05, 3.63) is 65.1 Å². The van der Waals surface area contributed by atoms with Crippen molar-refractivity contribution in [3.8, 4) is 0 Å². The van der Waals surface area contributed by atoms with Crippen LogP contribution in [0.15, 0.2) is 36.4 Å². The molecule has 2 N–H and O–H groups in total.